The molecular formula is C10H3Cl6N. The molecule has 1 aromatic heterocycles. The van der Waals surface area contributed by atoms with Gasteiger partial charge in [-0.3, -0.25) is 0 Å². The van der Waals surface area contributed by atoms with E-state index in [0.717, 1.165) is 0 Å². The van der Waals surface area contributed by atoms with Crippen LogP contribution in [-0.2, 0) is 3.79 Å². The first-order valence-corrected chi connectivity index (χ1v) is 6.59. The maximum Gasteiger partial charge on any atom is 0.234 e. The van der Waals surface area contributed by atoms with Crippen LogP contribution in [0.25, 0.3) is 10.9 Å². The number of benzene rings is 1. The predicted molar refractivity (Wildman–Crippen MR) is 76.0 cm³/mol. The molecule has 1 nitrogen and oxygen atoms in total. The Morgan fingerprint density at radius 1 is 0.941 bits per heavy atom. The van der Waals surface area contributed by atoms with Crippen LogP contribution >= 0.6 is 69.6 Å². The second kappa shape index (κ2) is 4.80. The van der Waals surface area contributed by atoms with E-state index >= 15 is 0 Å². The molecule has 0 aliphatic heterocycles. The summed E-state index contributed by atoms with van der Waals surface area (Å²) in [6.07, 6.45) is 0. The minimum absolute atomic E-state index is 0.101. The number of nitrogens with zero attached hydrogens (tertiary/aromatic N) is 1. The first kappa shape index (κ1) is 13.8. The summed E-state index contributed by atoms with van der Waals surface area (Å²) in [6.45, 7) is 0. The molecule has 1 heterocycles. The molecular weight excluding hydrogens is 347 g/mol. The van der Waals surface area contributed by atoms with Gasteiger partial charge >= 0.3 is 0 Å². The highest BCUT2D eigenvalue weighted by Gasteiger charge is 2.30. The lowest BCUT2D eigenvalue weighted by Crippen LogP contribution is -2.05. The van der Waals surface area contributed by atoms with Gasteiger partial charge in [0.2, 0.25) is 3.79 Å². The van der Waals surface area contributed by atoms with Gasteiger partial charge in [-0.2, -0.15) is 0 Å². The Labute approximate surface area is 128 Å². The number of alkyl halides is 3. The fourth-order valence-corrected chi connectivity index (χ4v) is 2.62. The van der Waals surface area contributed by atoms with Crippen molar-refractivity contribution < 1.29 is 0 Å². The van der Waals surface area contributed by atoms with Crippen molar-refractivity contribution in [3.8, 4) is 0 Å². The zero-order valence-corrected chi connectivity index (χ0v) is 12.5. The highest BCUT2D eigenvalue weighted by atomic mass is 35.6. The average molecular weight is 350 g/mol. The van der Waals surface area contributed by atoms with Crippen LogP contribution in [0, 0.1) is 0 Å². The van der Waals surface area contributed by atoms with Gasteiger partial charge in [0.1, 0.15) is 5.69 Å². The van der Waals surface area contributed by atoms with Gasteiger partial charge in [-0.25, -0.2) is 4.98 Å². The van der Waals surface area contributed by atoms with E-state index in [4.69, 9.17) is 69.6 Å². The summed E-state index contributed by atoms with van der Waals surface area (Å²) >= 11 is 35.3. The van der Waals surface area contributed by atoms with Crippen LogP contribution < -0.4 is 0 Å². The summed E-state index contributed by atoms with van der Waals surface area (Å²) in [5, 5.41) is 1.52. The number of pyridine rings is 1. The highest BCUT2D eigenvalue weighted by Crippen LogP contribution is 2.44. The zero-order chi connectivity index (χ0) is 12.8. The van der Waals surface area contributed by atoms with Gasteiger partial charge in [-0.1, -0.05) is 69.6 Å². The van der Waals surface area contributed by atoms with Gasteiger partial charge in [0.15, 0.2) is 0 Å². The third-order valence-corrected chi connectivity index (χ3v) is 3.73. The number of hydrogen-bond donors (Lipinski definition) is 0. The Bertz CT molecular complexity index is 589. The van der Waals surface area contributed by atoms with Crippen molar-refractivity contribution in [2.45, 2.75) is 3.79 Å². The van der Waals surface area contributed by atoms with Crippen molar-refractivity contribution in [3.63, 3.8) is 0 Å². The first-order chi connectivity index (χ1) is 7.80. The van der Waals surface area contributed by atoms with E-state index in [9.17, 15) is 0 Å². The summed E-state index contributed by atoms with van der Waals surface area (Å²) in [5.41, 5.74) is 0.661. The number of fused-ring (bicyclic) bond motifs is 1. The van der Waals surface area contributed by atoms with Crippen molar-refractivity contribution in [1.29, 1.82) is 0 Å². The zero-order valence-electron chi connectivity index (χ0n) is 7.95. The monoisotopic (exact) mass is 347 g/mol. The summed E-state index contributed by atoms with van der Waals surface area (Å²) in [7, 11) is 0. The van der Waals surface area contributed by atoms with Crippen molar-refractivity contribution >= 4 is 80.5 Å². The summed E-state index contributed by atoms with van der Waals surface area (Å²) in [5.74, 6) is 0. The maximum absolute atomic E-state index is 6.10. The van der Waals surface area contributed by atoms with E-state index in [1.165, 1.54) is 0 Å². The normalized spacial score (nSPS) is 12.1. The average Bonchev–Trinajstić information content (AvgIpc) is 2.22. The summed E-state index contributed by atoms with van der Waals surface area (Å²) in [4.78, 5) is 4.18. The second-order valence-electron chi connectivity index (χ2n) is 3.25. The van der Waals surface area contributed by atoms with E-state index in [0.29, 0.717) is 15.9 Å². The predicted octanol–water partition coefficient (Wildman–Crippen LogP) is 6.02. The molecule has 0 atom stereocenters. The quantitative estimate of drug-likeness (QED) is 0.530. The molecule has 0 spiro atoms. The molecule has 17 heavy (non-hydrogen) atoms. The van der Waals surface area contributed by atoms with E-state index in [2.05, 4.69) is 4.98 Å². The maximum atomic E-state index is 6.10. The molecule has 0 amide bonds. The smallest absolute Gasteiger partial charge is 0.234 e. The Balaban J connectivity index is 2.85. The fourth-order valence-electron chi connectivity index (χ4n) is 1.36. The minimum atomic E-state index is -1.73. The molecule has 0 aliphatic rings. The molecule has 1 aromatic carbocycles. The van der Waals surface area contributed by atoms with Gasteiger partial charge in [0, 0.05) is 10.4 Å². The molecule has 90 valence electrons. The summed E-state index contributed by atoms with van der Waals surface area (Å²) < 4.78 is -1.73. The van der Waals surface area contributed by atoms with E-state index in [1.54, 1.807) is 18.2 Å². The molecule has 2 rings (SSSR count). The van der Waals surface area contributed by atoms with Gasteiger partial charge < -0.3 is 0 Å². The lowest BCUT2D eigenvalue weighted by molar-refractivity contribution is 1.12. The van der Waals surface area contributed by atoms with Crippen LogP contribution in [0.15, 0.2) is 18.2 Å². The van der Waals surface area contributed by atoms with Crippen molar-refractivity contribution in [3.05, 3.63) is 39.0 Å². The number of halogens is 6. The van der Waals surface area contributed by atoms with E-state index in [1.807, 2.05) is 0 Å². The fraction of sp³-hybridized carbons (Fsp3) is 0.100. The molecule has 0 fully saturated rings. The largest absolute Gasteiger partial charge is 0.247 e. The van der Waals surface area contributed by atoms with Gasteiger partial charge in [0.25, 0.3) is 0 Å². The van der Waals surface area contributed by atoms with E-state index < -0.39 is 3.79 Å². The second-order valence-corrected chi connectivity index (χ2v) is 6.72. The van der Waals surface area contributed by atoms with Gasteiger partial charge in [-0.15, -0.1) is 0 Å². The molecule has 0 saturated heterocycles. The Morgan fingerprint density at radius 2 is 1.59 bits per heavy atom. The highest BCUT2D eigenvalue weighted by molar-refractivity contribution is 6.67. The lowest BCUT2D eigenvalue weighted by atomic mass is 10.2. The molecule has 0 radical (unpaired) electrons. The van der Waals surface area contributed by atoms with Gasteiger partial charge in [-0.05, 0) is 18.2 Å². The van der Waals surface area contributed by atoms with E-state index in [-0.39, 0.29) is 15.7 Å². The Hall–Kier alpha value is 0.370. The molecule has 0 saturated carbocycles. The standard InChI is InChI=1S/C10H3Cl6N/c11-4-1-2-6-5(3-4)7(12)8(13)9(17-6)10(14,15)16/h1-3H. The summed E-state index contributed by atoms with van der Waals surface area (Å²) in [6, 6.07) is 5.00. The number of aromatic nitrogens is 1. The van der Waals surface area contributed by atoms with Crippen LogP contribution in [-0.4, -0.2) is 4.98 Å². The molecule has 0 aliphatic carbocycles. The van der Waals surface area contributed by atoms with Crippen LogP contribution in [0.3, 0.4) is 0 Å². The molecule has 2 aromatic rings. The number of rotatable bonds is 0. The third-order valence-electron chi connectivity index (χ3n) is 2.10. The van der Waals surface area contributed by atoms with Crippen molar-refractivity contribution in [2.75, 3.05) is 0 Å². The van der Waals surface area contributed by atoms with Crippen LogP contribution in [0.2, 0.25) is 15.1 Å². The van der Waals surface area contributed by atoms with Crippen LogP contribution in [0.4, 0.5) is 0 Å². The molecule has 7 heteroatoms. The van der Waals surface area contributed by atoms with Crippen LogP contribution in [0.5, 0.6) is 0 Å². The molecule has 0 unspecified atom stereocenters. The minimum Gasteiger partial charge on any atom is -0.247 e. The van der Waals surface area contributed by atoms with Crippen molar-refractivity contribution in [1.82, 2.24) is 4.98 Å². The molecule has 0 N–H and O–H groups in total. The Kier molecular flexibility index (Phi) is 3.90. The topological polar surface area (TPSA) is 12.9 Å². The SMILES string of the molecule is Clc1ccc2nc(C(Cl)(Cl)Cl)c(Cl)c(Cl)c2c1. The molecule has 0 bridgehead atoms. The number of hydrogen-bond acceptors (Lipinski definition) is 1. The first-order valence-electron chi connectivity index (χ1n) is 4.32. The lowest BCUT2D eigenvalue weighted by Gasteiger charge is -2.14. The van der Waals surface area contributed by atoms with Crippen LogP contribution in [0.1, 0.15) is 5.69 Å². The third kappa shape index (κ3) is 2.70. The van der Waals surface area contributed by atoms with Gasteiger partial charge in [0.05, 0.1) is 15.6 Å². The Morgan fingerprint density at radius 3 is 2.18 bits per heavy atom. The van der Waals surface area contributed by atoms with Crippen molar-refractivity contribution in [2.24, 2.45) is 0 Å².